The Balaban J connectivity index is 1.68. The average Bonchev–Trinajstić information content (AvgIpc) is 3.30. The maximum atomic E-state index is 14.8. The molecule has 1 aromatic rings. The van der Waals surface area contributed by atoms with Gasteiger partial charge in [0.2, 0.25) is 18.0 Å². The fourth-order valence-electron chi connectivity index (χ4n) is 4.66. The smallest absolute Gasteiger partial charge is 0.463 e. The first-order chi connectivity index (χ1) is 25.0. The summed E-state index contributed by atoms with van der Waals surface area (Å²) in [6, 6.07) is -0.163. The van der Waals surface area contributed by atoms with Crippen molar-refractivity contribution in [2.75, 3.05) is 58.6 Å². The molecule has 0 saturated carbocycles. The maximum absolute atomic E-state index is 14.8. The van der Waals surface area contributed by atoms with Crippen LogP contribution in [-0.2, 0) is 47.7 Å². The third-order valence-electron chi connectivity index (χ3n) is 7.50. The van der Waals surface area contributed by atoms with E-state index in [0.717, 1.165) is 0 Å². The van der Waals surface area contributed by atoms with Gasteiger partial charge in [0.25, 0.3) is 0 Å². The molecular weight excluding hydrogens is 729 g/mol. The van der Waals surface area contributed by atoms with Crippen LogP contribution in [0.15, 0.2) is 17.1 Å². The van der Waals surface area contributed by atoms with E-state index < -0.39 is 72.5 Å². The summed E-state index contributed by atoms with van der Waals surface area (Å²) in [5.74, 6) is -9.44. The van der Waals surface area contributed by atoms with Crippen molar-refractivity contribution in [3.05, 3.63) is 22.7 Å². The van der Waals surface area contributed by atoms with Crippen molar-refractivity contribution < 1.29 is 74.7 Å². The highest BCUT2D eigenvalue weighted by atomic mass is 19.4. The highest BCUT2D eigenvalue weighted by Gasteiger charge is 2.60. The number of anilines is 1. The molecule has 2 unspecified atom stereocenters. The molecule has 0 aromatic carbocycles. The number of ketones is 1. The monoisotopic (exact) mass is 773 g/mol. The average molecular weight is 774 g/mol. The number of hydrogen-bond donors (Lipinski definition) is 4. The molecule has 1 aliphatic heterocycles. The fourth-order valence-corrected chi connectivity index (χ4v) is 4.66. The number of nitrogens with zero attached hydrogens (tertiary/aromatic N) is 2. The van der Waals surface area contributed by atoms with Gasteiger partial charge in [-0.25, -0.2) is 4.79 Å². The number of unbranched alkanes of at least 4 members (excludes halogenated alkanes) is 1. The van der Waals surface area contributed by atoms with E-state index in [-0.39, 0.29) is 48.5 Å². The van der Waals surface area contributed by atoms with Gasteiger partial charge >= 0.3 is 29.7 Å². The van der Waals surface area contributed by atoms with Crippen LogP contribution in [0.4, 0.5) is 27.8 Å². The second-order valence-electron chi connectivity index (χ2n) is 11.7. The molecule has 300 valence electrons. The van der Waals surface area contributed by atoms with Crippen LogP contribution in [0.25, 0.3) is 0 Å². The Morgan fingerprint density at radius 3 is 2.32 bits per heavy atom. The van der Waals surface area contributed by atoms with Gasteiger partial charge in [0.1, 0.15) is 18.5 Å². The minimum Gasteiger partial charge on any atom is -0.463 e. The van der Waals surface area contributed by atoms with E-state index in [1.165, 1.54) is 12.2 Å². The van der Waals surface area contributed by atoms with Gasteiger partial charge in [0, 0.05) is 39.1 Å². The summed E-state index contributed by atoms with van der Waals surface area (Å²) >= 11 is 0. The van der Waals surface area contributed by atoms with Gasteiger partial charge in [0.15, 0.2) is 11.9 Å². The molecule has 1 saturated heterocycles. The fraction of sp³-hybridized carbons (Fsp3) is 0.710. The molecule has 0 bridgehead atoms. The van der Waals surface area contributed by atoms with Crippen LogP contribution < -0.4 is 21.6 Å². The molecule has 17 nitrogen and oxygen atoms in total. The predicted octanol–water partition coefficient (Wildman–Crippen LogP) is 0.781. The van der Waals surface area contributed by atoms with Crippen LogP contribution in [0.1, 0.15) is 58.1 Å². The van der Waals surface area contributed by atoms with Gasteiger partial charge in [-0.1, -0.05) is 0 Å². The molecule has 1 fully saturated rings. The summed E-state index contributed by atoms with van der Waals surface area (Å²) < 4.78 is 92.4. The number of alkyl halides is 5. The number of esters is 1. The van der Waals surface area contributed by atoms with E-state index in [1.54, 1.807) is 7.11 Å². The number of carbonyl (C=O) groups excluding carboxylic acids is 5. The molecule has 22 heteroatoms. The number of methoxy groups -OCH3 is 1. The topological polar surface area (TPSA) is 223 Å². The number of halogens is 5. The Labute approximate surface area is 300 Å². The molecule has 1 aromatic heterocycles. The molecule has 4 N–H and O–H groups in total. The predicted molar refractivity (Wildman–Crippen MR) is 170 cm³/mol. The van der Waals surface area contributed by atoms with Crippen molar-refractivity contribution in [3.63, 3.8) is 0 Å². The number of rotatable bonds is 24. The molecule has 3 amide bonds. The SMILES string of the molecule is COCCOCCOCCC(=O)NCCCCC(NC(=O)CCCC(=O)OC[C@H]1O[C@@H](n2ccc(NC(=O)C(F)(F)F)nc2=O)C(F)(F)C1O)C(C)=O. The van der Waals surface area contributed by atoms with Crippen molar-refractivity contribution >= 4 is 35.3 Å². The minimum atomic E-state index is -5.31. The van der Waals surface area contributed by atoms with Crippen LogP contribution in [0, 0.1) is 0 Å². The van der Waals surface area contributed by atoms with Crippen LogP contribution in [0.3, 0.4) is 0 Å². The molecule has 0 aliphatic carbocycles. The number of hydrogen-bond acceptors (Lipinski definition) is 13. The van der Waals surface area contributed by atoms with E-state index in [0.29, 0.717) is 64.5 Å². The van der Waals surface area contributed by atoms with E-state index in [4.69, 9.17) is 23.7 Å². The van der Waals surface area contributed by atoms with Crippen molar-refractivity contribution in [1.29, 1.82) is 0 Å². The molecule has 0 radical (unpaired) electrons. The molecule has 53 heavy (non-hydrogen) atoms. The third kappa shape index (κ3) is 15.8. The maximum Gasteiger partial charge on any atom is 0.471 e. The number of aliphatic hydroxyl groups is 1. The van der Waals surface area contributed by atoms with Gasteiger partial charge < -0.3 is 44.7 Å². The first kappa shape index (κ1) is 45.0. The van der Waals surface area contributed by atoms with Crippen molar-refractivity contribution in [3.8, 4) is 0 Å². The van der Waals surface area contributed by atoms with Crippen LogP contribution in [-0.4, -0.2) is 128 Å². The van der Waals surface area contributed by atoms with Crippen LogP contribution in [0.5, 0.6) is 0 Å². The number of amides is 3. The van der Waals surface area contributed by atoms with Gasteiger partial charge in [0.05, 0.1) is 39.1 Å². The van der Waals surface area contributed by atoms with E-state index in [2.05, 4.69) is 15.6 Å². The van der Waals surface area contributed by atoms with Gasteiger partial charge in [-0.3, -0.25) is 28.5 Å². The molecule has 0 spiro atoms. The zero-order chi connectivity index (χ0) is 39.6. The molecule has 2 rings (SSSR count). The number of nitrogens with one attached hydrogen (secondary N) is 3. The normalized spacial score (nSPS) is 18.6. The van der Waals surface area contributed by atoms with Crippen LogP contribution >= 0.6 is 0 Å². The lowest BCUT2D eigenvalue weighted by Crippen LogP contribution is -2.42. The van der Waals surface area contributed by atoms with Crippen LogP contribution in [0.2, 0.25) is 0 Å². The first-order valence-corrected chi connectivity index (χ1v) is 16.5. The Bertz CT molecular complexity index is 1430. The second-order valence-corrected chi connectivity index (χ2v) is 11.7. The standard InChI is InChI=1S/C31H44F5N5O12/c1-19(42)20(6-3-4-11-37-23(43)10-13-50-16-17-51-15-14-49-2)38-24(44)7-5-8-25(45)52-18-21-26(46)30(32,33)28(53-21)41-12-9-22(40-29(41)48)39-27(47)31(34,35)36/h9,12,20-21,26,28,46H,3-8,10-11,13-18H2,1-2H3,(H,37,43)(H,38,44)(H,39,40,47,48)/t20?,21-,26?,28-/m1/s1. The van der Waals surface area contributed by atoms with Crippen molar-refractivity contribution in [1.82, 2.24) is 20.2 Å². The van der Waals surface area contributed by atoms with E-state index >= 15 is 0 Å². The van der Waals surface area contributed by atoms with Crippen molar-refractivity contribution in [2.45, 2.75) is 88.4 Å². The summed E-state index contributed by atoms with van der Waals surface area (Å²) in [7, 11) is 1.57. The number of ether oxygens (including phenoxy) is 5. The van der Waals surface area contributed by atoms with E-state index in [1.807, 2.05) is 0 Å². The number of aromatic nitrogens is 2. The molecular formula is C31H44F5N5O12. The number of Topliss-reactive ketones (excluding diaryl/α,β-unsaturated/α-hetero) is 1. The Morgan fingerprint density at radius 2 is 1.68 bits per heavy atom. The second kappa shape index (κ2) is 22.2. The highest BCUT2D eigenvalue weighted by Crippen LogP contribution is 2.42. The van der Waals surface area contributed by atoms with Crippen molar-refractivity contribution in [2.24, 2.45) is 0 Å². The number of carbonyl (C=O) groups is 5. The van der Waals surface area contributed by atoms with Gasteiger partial charge in [-0.2, -0.15) is 26.9 Å². The van der Waals surface area contributed by atoms with Gasteiger partial charge in [-0.15, -0.1) is 0 Å². The highest BCUT2D eigenvalue weighted by molar-refractivity contribution is 5.94. The van der Waals surface area contributed by atoms with E-state index in [9.17, 15) is 55.8 Å². The summed E-state index contributed by atoms with van der Waals surface area (Å²) in [5.41, 5.74) is -1.54. The zero-order valence-electron chi connectivity index (χ0n) is 29.1. The lowest BCUT2D eigenvalue weighted by molar-refractivity contribution is -0.167. The summed E-state index contributed by atoms with van der Waals surface area (Å²) in [4.78, 5) is 74.9. The Morgan fingerprint density at radius 1 is 1.00 bits per heavy atom. The molecule has 2 heterocycles. The third-order valence-corrected chi connectivity index (χ3v) is 7.50. The Kier molecular flexibility index (Phi) is 18.8. The Hall–Kier alpha value is -4.12. The largest absolute Gasteiger partial charge is 0.471 e. The minimum absolute atomic E-state index is 0.0446. The number of aliphatic hydroxyl groups excluding tert-OH is 1. The van der Waals surface area contributed by atoms with Gasteiger partial charge in [-0.05, 0) is 38.7 Å². The lowest BCUT2D eigenvalue weighted by atomic mass is 10.1. The zero-order valence-corrected chi connectivity index (χ0v) is 29.1. The summed E-state index contributed by atoms with van der Waals surface area (Å²) in [5, 5.41) is 16.7. The molecule has 4 atom stereocenters. The molecule has 1 aliphatic rings. The first-order valence-electron chi connectivity index (χ1n) is 16.5. The quantitative estimate of drug-likeness (QED) is 0.0649. The summed E-state index contributed by atoms with van der Waals surface area (Å²) in [6.45, 7) is 2.69. The lowest BCUT2D eigenvalue weighted by Gasteiger charge is -2.21. The summed E-state index contributed by atoms with van der Waals surface area (Å²) in [6.07, 6.45) is -10.7.